The van der Waals surface area contributed by atoms with E-state index in [1.54, 1.807) is 0 Å². The minimum Gasteiger partial charge on any atom is -0.396 e. The minimum absolute atomic E-state index is 0.0794. The van der Waals surface area contributed by atoms with Crippen molar-refractivity contribution in [2.45, 2.75) is 4.90 Å². The van der Waals surface area contributed by atoms with Crippen LogP contribution < -0.4 is 16.2 Å². The average Bonchev–Trinajstić information content (AvgIpc) is 2.35. The van der Waals surface area contributed by atoms with Crippen LogP contribution in [0.25, 0.3) is 0 Å². The van der Waals surface area contributed by atoms with Crippen LogP contribution in [0.2, 0.25) is 5.02 Å². The fraction of sp³-hybridized carbons (Fsp3) is 0. The van der Waals surface area contributed by atoms with Gasteiger partial charge in [0.15, 0.2) is 0 Å². The zero-order chi connectivity index (χ0) is 14.9. The van der Waals surface area contributed by atoms with Gasteiger partial charge in [-0.2, -0.15) is 0 Å². The van der Waals surface area contributed by atoms with Gasteiger partial charge in [-0.25, -0.2) is 17.9 Å². The van der Waals surface area contributed by atoms with Crippen LogP contribution in [0, 0.1) is 5.82 Å². The summed E-state index contributed by atoms with van der Waals surface area (Å²) in [6.45, 7) is 0. The summed E-state index contributed by atoms with van der Waals surface area (Å²) in [6.07, 6.45) is 0. The van der Waals surface area contributed by atoms with Crippen molar-refractivity contribution in [3.05, 3.63) is 47.2 Å². The largest absolute Gasteiger partial charge is 0.396 e. The van der Waals surface area contributed by atoms with E-state index in [1.165, 1.54) is 36.4 Å². The maximum absolute atomic E-state index is 13.6. The third-order valence-electron chi connectivity index (χ3n) is 2.57. The number of primary sulfonamides is 1. The summed E-state index contributed by atoms with van der Waals surface area (Å²) in [5.74, 6) is -0.546. The van der Waals surface area contributed by atoms with Gasteiger partial charge in [-0.05, 0) is 30.3 Å². The van der Waals surface area contributed by atoms with Gasteiger partial charge in [-0.3, -0.25) is 0 Å². The van der Waals surface area contributed by atoms with E-state index in [-0.39, 0.29) is 22.0 Å². The quantitative estimate of drug-likeness (QED) is 0.758. The molecule has 0 bridgehead atoms. The maximum atomic E-state index is 13.6. The molecule has 0 spiro atoms. The van der Waals surface area contributed by atoms with Crippen molar-refractivity contribution >= 4 is 38.7 Å². The molecule has 8 heteroatoms. The Morgan fingerprint density at radius 2 is 1.85 bits per heavy atom. The Morgan fingerprint density at radius 1 is 1.15 bits per heavy atom. The second kappa shape index (κ2) is 5.28. The lowest BCUT2D eigenvalue weighted by Crippen LogP contribution is -2.15. The molecule has 0 unspecified atom stereocenters. The molecule has 5 N–H and O–H groups in total. The predicted octanol–water partition coefficient (Wildman–Crippen LogP) is 2.45. The number of para-hydroxylation sites is 1. The summed E-state index contributed by atoms with van der Waals surface area (Å²) in [5.41, 5.74) is 5.94. The predicted molar refractivity (Wildman–Crippen MR) is 76.9 cm³/mol. The first kappa shape index (κ1) is 14.6. The summed E-state index contributed by atoms with van der Waals surface area (Å²) in [5, 5.41) is 8.06. The lowest BCUT2D eigenvalue weighted by molar-refractivity contribution is 0.598. The van der Waals surface area contributed by atoms with E-state index in [1.807, 2.05) is 0 Å². The molecule has 0 amide bonds. The first-order valence-electron chi connectivity index (χ1n) is 5.42. The third-order valence-corrected chi connectivity index (χ3v) is 3.77. The first-order chi connectivity index (χ1) is 9.29. The standard InChI is InChI=1S/C12H11ClFN3O2S/c13-7-4-5-8(14)10(6-7)17-9-2-1-3-11(12(9)15)20(16,18)19/h1-6,17H,15H2,(H2,16,18,19). The topological polar surface area (TPSA) is 98.2 Å². The number of anilines is 3. The monoisotopic (exact) mass is 315 g/mol. The van der Waals surface area contributed by atoms with Gasteiger partial charge in [-0.1, -0.05) is 17.7 Å². The van der Waals surface area contributed by atoms with E-state index in [4.69, 9.17) is 22.5 Å². The van der Waals surface area contributed by atoms with Crippen LogP contribution in [0.3, 0.4) is 0 Å². The van der Waals surface area contributed by atoms with Crippen LogP contribution in [-0.2, 0) is 10.0 Å². The highest BCUT2D eigenvalue weighted by molar-refractivity contribution is 7.89. The Morgan fingerprint density at radius 3 is 2.50 bits per heavy atom. The van der Waals surface area contributed by atoms with Gasteiger partial charge < -0.3 is 11.1 Å². The fourth-order valence-electron chi connectivity index (χ4n) is 1.64. The summed E-state index contributed by atoms with van der Waals surface area (Å²) < 4.78 is 36.3. The van der Waals surface area contributed by atoms with Crippen molar-refractivity contribution in [1.29, 1.82) is 0 Å². The molecule has 5 nitrogen and oxygen atoms in total. The number of rotatable bonds is 3. The molecule has 0 saturated heterocycles. The fourth-order valence-corrected chi connectivity index (χ4v) is 2.50. The lowest BCUT2D eigenvalue weighted by atomic mass is 10.2. The van der Waals surface area contributed by atoms with Gasteiger partial charge in [0.1, 0.15) is 10.7 Å². The molecule has 0 aliphatic rings. The van der Waals surface area contributed by atoms with E-state index in [2.05, 4.69) is 5.32 Å². The molecule has 0 heterocycles. The lowest BCUT2D eigenvalue weighted by Gasteiger charge is -2.12. The average molecular weight is 316 g/mol. The van der Waals surface area contributed by atoms with Gasteiger partial charge in [0.25, 0.3) is 0 Å². The minimum atomic E-state index is -3.95. The molecule has 0 fully saturated rings. The zero-order valence-corrected chi connectivity index (χ0v) is 11.7. The maximum Gasteiger partial charge on any atom is 0.240 e. The Hall–Kier alpha value is -1.83. The number of nitrogen functional groups attached to an aromatic ring is 1. The van der Waals surface area contributed by atoms with Crippen molar-refractivity contribution in [3.63, 3.8) is 0 Å². The molecular formula is C12H11ClFN3O2S. The summed E-state index contributed by atoms with van der Waals surface area (Å²) in [7, 11) is -3.95. The first-order valence-corrected chi connectivity index (χ1v) is 7.35. The Bertz CT molecular complexity index is 765. The van der Waals surface area contributed by atoms with Crippen LogP contribution in [0.5, 0.6) is 0 Å². The van der Waals surface area contributed by atoms with Crippen LogP contribution in [0.1, 0.15) is 0 Å². The zero-order valence-electron chi connectivity index (χ0n) is 10.1. The smallest absolute Gasteiger partial charge is 0.240 e. The van der Waals surface area contributed by atoms with Crippen molar-refractivity contribution in [2.75, 3.05) is 11.1 Å². The molecule has 2 aromatic carbocycles. The third kappa shape index (κ3) is 3.01. The molecule has 0 aromatic heterocycles. The van der Waals surface area contributed by atoms with Crippen molar-refractivity contribution in [1.82, 2.24) is 0 Å². The molecule has 0 aliphatic heterocycles. The summed E-state index contributed by atoms with van der Waals surface area (Å²) in [6, 6.07) is 8.16. The SMILES string of the molecule is Nc1c(Nc2cc(Cl)ccc2F)cccc1S(N)(=O)=O. The van der Waals surface area contributed by atoms with Gasteiger partial charge in [-0.15, -0.1) is 0 Å². The highest BCUT2D eigenvalue weighted by Gasteiger charge is 2.15. The van der Waals surface area contributed by atoms with E-state index < -0.39 is 15.8 Å². The van der Waals surface area contributed by atoms with Crippen molar-refractivity contribution in [3.8, 4) is 0 Å². The Balaban J connectivity index is 2.47. The molecule has 0 radical (unpaired) electrons. The van der Waals surface area contributed by atoms with Crippen LogP contribution in [-0.4, -0.2) is 8.42 Å². The highest BCUT2D eigenvalue weighted by atomic mass is 35.5. The number of sulfonamides is 1. The van der Waals surface area contributed by atoms with E-state index in [0.717, 1.165) is 0 Å². The number of nitrogens with one attached hydrogen (secondary N) is 1. The highest BCUT2D eigenvalue weighted by Crippen LogP contribution is 2.30. The number of nitrogens with two attached hydrogens (primary N) is 2. The van der Waals surface area contributed by atoms with E-state index in [0.29, 0.717) is 5.02 Å². The normalized spacial score (nSPS) is 11.3. The van der Waals surface area contributed by atoms with Gasteiger partial charge in [0, 0.05) is 5.02 Å². The molecule has 20 heavy (non-hydrogen) atoms. The number of hydrogen-bond donors (Lipinski definition) is 3. The molecule has 106 valence electrons. The summed E-state index contributed by atoms with van der Waals surface area (Å²) in [4.78, 5) is -0.232. The molecular weight excluding hydrogens is 305 g/mol. The molecule has 2 rings (SSSR count). The number of hydrogen-bond acceptors (Lipinski definition) is 4. The van der Waals surface area contributed by atoms with Gasteiger partial charge in [0.05, 0.1) is 17.1 Å². The molecule has 0 atom stereocenters. The Kier molecular flexibility index (Phi) is 3.85. The van der Waals surface area contributed by atoms with Crippen LogP contribution in [0.15, 0.2) is 41.3 Å². The van der Waals surface area contributed by atoms with Gasteiger partial charge >= 0.3 is 0 Å². The van der Waals surface area contributed by atoms with Crippen LogP contribution in [0.4, 0.5) is 21.5 Å². The molecule has 0 saturated carbocycles. The van der Waals surface area contributed by atoms with Crippen molar-refractivity contribution in [2.24, 2.45) is 5.14 Å². The second-order valence-corrected chi connectivity index (χ2v) is 5.98. The number of benzene rings is 2. The second-order valence-electron chi connectivity index (χ2n) is 4.01. The Labute approximate surface area is 120 Å². The van der Waals surface area contributed by atoms with E-state index in [9.17, 15) is 12.8 Å². The van der Waals surface area contributed by atoms with E-state index >= 15 is 0 Å². The van der Waals surface area contributed by atoms with Crippen molar-refractivity contribution < 1.29 is 12.8 Å². The number of halogens is 2. The van der Waals surface area contributed by atoms with Gasteiger partial charge in [0.2, 0.25) is 10.0 Å². The molecule has 0 aliphatic carbocycles. The molecule has 2 aromatic rings. The summed E-state index contributed by atoms with van der Waals surface area (Å²) >= 11 is 5.77. The van der Waals surface area contributed by atoms with Crippen LogP contribution >= 0.6 is 11.6 Å².